The van der Waals surface area contributed by atoms with Gasteiger partial charge in [0.05, 0.1) is 17.8 Å². The molecule has 0 spiro atoms. The predicted octanol–water partition coefficient (Wildman–Crippen LogP) is 3.69. The topological polar surface area (TPSA) is 29.5 Å². The molecule has 0 unspecified atom stereocenters. The van der Waals surface area contributed by atoms with Crippen molar-refractivity contribution in [1.82, 2.24) is 4.98 Å². The summed E-state index contributed by atoms with van der Waals surface area (Å²) in [6.07, 6.45) is 3.94. The van der Waals surface area contributed by atoms with Crippen LogP contribution < -0.4 is 5.32 Å². The largest absolute Gasteiger partial charge is 0.340 e. The Kier molecular flexibility index (Phi) is 3.61. The van der Waals surface area contributed by atoms with Gasteiger partial charge < -0.3 is 5.32 Å². The van der Waals surface area contributed by atoms with Crippen molar-refractivity contribution in [1.29, 1.82) is 0 Å². The summed E-state index contributed by atoms with van der Waals surface area (Å²) >= 11 is 0. The summed E-state index contributed by atoms with van der Waals surface area (Å²) in [5.41, 5.74) is 4.85. The molecule has 2 aromatic carbocycles. The van der Waals surface area contributed by atoms with E-state index in [0.717, 1.165) is 11.2 Å². The molecule has 110 valence electrons. The number of hydrogen-bond donors (Lipinski definition) is 1. The molecular formula is C20H21N2+. The molecule has 2 heterocycles. The minimum atomic E-state index is 0.573. The lowest BCUT2D eigenvalue weighted by Gasteiger charge is -2.22. The van der Waals surface area contributed by atoms with Gasteiger partial charge in [-0.3, -0.25) is 0 Å². The van der Waals surface area contributed by atoms with Crippen molar-refractivity contribution in [3.05, 3.63) is 66.2 Å². The van der Waals surface area contributed by atoms with Crippen molar-refractivity contribution in [3.8, 4) is 11.3 Å². The van der Waals surface area contributed by atoms with Gasteiger partial charge in [0.2, 0.25) is 0 Å². The molecule has 0 aliphatic carbocycles. The smallest absolute Gasteiger partial charge is 0.112 e. The van der Waals surface area contributed by atoms with Crippen LogP contribution in [0.1, 0.15) is 30.9 Å². The minimum Gasteiger partial charge on any atom is -0.340 e. The van der Waals surface area contributed by atoms with Crippen LogP contribution >= 0.6 is 0 Å². The number of fused-ring (bicyclic) bond motifs is 1. The highest BCUT2D eigenvalue weighted by Crippen LogP contribution is 2.29. The van der Waals surface area contributed by atoms with Gasteiger partial charge in [-0.25, -0.2) is 4.98 Å². The SMILES string of the molecule is c1ccc(-c2cc([C@H]3CCCC[NH2+]3)c3ccccc3n2)cc1. The molecule has 2 nitrogen and oxygen atoms in total. The van der Waals surface area contributed by atoms with Crippen molar-refractivity contribution in [3.63, 3.8) is 0 Å². The van der Waals surface area contributed by atoms with E-state index < -0.39 is 0 Å². The number of aromatic nitrogens is 1. The number of quaternary nitrogens is 1. The molecule has 1 aliphatic rings. The quantitative estimate of drug-likeness (QED) is 0.766. The third kappa shape index (κ3) is 2.51. The summed E-state index contributed by atoms with van der Waals surface area (Å²) in [6, 6.07) is 21.9. The fourth-order valence-corrected chi connectivity index (χ4v) is 3.49. The third-order valence-electron chi connectivity index (χ3n) is 4.64. The molecule has 2 N–H and O–H groups in total. The second-order valence-corrected chi connectivity index (χ2v) is 6.11. The zero-order valence-electron chi connectivity index (χ0n) is 12.7. The fraction of sp³-hybridized carbons (Fsp3) is 0.250. The second kappa shape index (κ2) is 5.90. The van der Waals surface area contributed by atoms with E-state index in [9.17, 15) is 0 Å². The fourth-order valence-electron chi connectivity index (χ4n) is 3.49. The van der Waals surface area contributed by atoms with Crippen LogP contribution in [0.15, 0.2) is 60.7 Å². The van der Waals surface area contributed by atoms with Crippen LogP contribution in [-0.2, 0) is 0 Å². The Morgan fingerprint density at radius 1 is 0.909 bits per heavy atom. The Bertz CT molecular complexity index is 774. The average molecular weight is 289 g/mol. The number of nitrogens with zero attached hydrogens (tertiary/aromatic N) is 1. The van der Waals surface area contributed by atoms with Gasteiger partial charge in [0, 0.05) is 22.9 Å². The lowest BCUT2D eigenvalue weighted by atomic mass is 9.93. The number of rotatable bonds is 2. The molecule has 0 bridgehead atoms. The van der Waals surface area contributed by atoms with E-state index >= 15 is 0 Å². The maximum absolute atomic E-state index is 4.89. The van der Waals surface area contributed by atoms with Gasteiger partial charge in [0.25, 0.3) is 0 Å². The summed E-state index contributed by atoms with van der Waals surface area (Å²) in [5.74, 6) is 0. The molecule has 0 radical (unpaired) electrons. The summed E-state index contributed by atoms with van der Waals surface area (Å²) in [4.78, 5) is 4.89. The Morgan fingerprint density at radius 3 is 2.55 bits per heavy atom. The number of piperidine rings is 1. The molecule has 0 saturated carbocycles. The van der Waals surface area contributed by atoms with Crippen molar-refractivity contribution in [2.75, 3.05) is 6.54 Å². The van der Waals surface area contributed by atoms with Crippen molar-refractivity contribution >= 4 is 10.9 Å². The molecule has 1 aromatic heterocycles. The number of benzene rings is 2. The highest BCUT2D eigenvalue weighted by Gasteiger charge is 2.21. The molecule has 22 heavy (non-hydrogen) atoms. The average Bonchev–Trinajstić information content (AvgIpc) is 2.62. The molecule has 3 aromatic rings. The van der Waals surface area contributed by atoms with E-state index in [1.165, 1.54) is 42.3 Å². The zero-order valence-corrected chi connectivity index (χ0v) is 12.7. The first-order chi connectivity index (χ1) is 10.9. The molecular weight excluding hydrogens is 268 g/mol. The number of nitrogens with two attached hydrogens (primary N) is 1. The summed E-state index contributed by atoms with van der Waals surface area (Å²) in [5, 5.41) is 3.81. The Hall–Kier alpha value is -2.19. The second-order valence-electron chi connectivity index (χ2n) is 6.11. The van der Waals surface area contributed by atoms with Crippen LogP contribution in [0, 0.1) is 0 Å². The van der Waals surface area contributed by atoms with E-state index in [-0.39, 0.29) is 0 Å². The Balaban J connectivity index is 1.89. The highest BCUT2D eigenvalue weighted by atomic mass is 14.9. The molecule has 4 rings (SSSR count). The van der Waals surface area contributed by atoms with Gasteiger partial charge in [-0.05, 0) is 25.0 Å². The van der Waals surface area contributed by atoms with Gasteiger partial charge in [-0.1, -0.05) is 48.5 Å². The standard InChI is InChI=1S/C20H20N2/c1-2-8-15(9-3-1)20-14-17(18-11-6-7-13-21-18)16-10-4-5-12-19(16)22-20/h1-5,8-10,12,14,18,21H,6-7,11,13H2/p+1/t18-/m1/s1. The Labute approximate surface area is 131 Å². The van der Waals surface area contributed by atoms with Crippen LogP contribution in [-0.4, -0.2) is 11.5 Å². The van der Waals surface area contributed by atoms with Gasteiger partial charge >= 0.3 is 0 Å². The normalized spacial score (nSPS) is 18.5. The molecule has 1 saturated heterocycles. The monoisotopic (exact) mass is 289 g/mol. The molecule has 0 amide bonds. The zero-order chi connectivity index (χ0) is 14.8. The number of pyridine rings is 1. The highest BCUT2D eigenvalue weighted by molar-refractivity contribution is 5.85. The maximum atomic E-state index is 4.89. The molecule has 1 fully saturated rings. The van der Waals surface area contributed by atoms with E-state index in [1.807, 2.05) is 0 Å². The first kappa shape index (κ1) is 13.5. The first-order valence-electron chi connectivity index (χ1n) is 8.20. The molecule has 1 atom stereocenters. The lowest BCUT2D eigenvalue weighted by molar-refractivity contribution is -0.703. The van der Waals surface area contributed by atoms with Crippen LogP contribution in [0.3, 0.4) is 0 Å². The summed E-state index contributed by atoms with van der Waals surface area (Å²) in [6.45, 7) is 1.24. The summed E-state index contributed by atoms with van der Waals surface area (Å²) < 4.78 is 0. The van der Waals surface area contributed by atoms with E-state index in [1.54, 1.807) is 0 Å². The van der Waals surface area contributed by atoms with Gasteiger partial charge in [0.1, 0.15) is 6.04 Å². The van der Waals surface area contributed by atoms with E-state index in [4.69, 9.17) is 4.98 Å². The minimum absolute atomic E-state index is 0.573. The van der Waals surface area contributed by atoms with Crippen molar-refractivity contribution in [2.45, 2.75) is 25.3 Å². The van der Waals surface area contributed by atoms with Crippen molar-refractivity contribution < 1.29 is 5.32 Å². The number of hydrogen-bond acceptors (Lipinski definition) is 1. The predicted molar refractivity (Wildman–Crippen MR) is 90.6 cm³/mol. The first-order valence-corrected chi connectivity index (χ1v) is 8.20. The van der Waals surface area contributed by atoms with Crippen LogP contribution in [0.5, 0.6) is 0 Å². The molecule has 2 heteroatoms. The van der Waals surface area contributed by atoms with Gasteiger partial charge in [-0.2, -0.15) is 0 Å². The number of para-hydroxylation sites is 1. The maximum Gasteiger partial charge on any atom is 0.112 e. The lowest BCUT2D eigenvalue weighted by Crippen LogP contribution is -2.86. The van der Waals surface area contributed by atoms with Crippen LogP contribution in [0.4, 0.5) is 0 Å². The van der Waals surface area contributed by atoms with Gasteiger partial charge in [0.15, 0.2) is 0 Å². The van der Waals surface area contributed by atoms with Crippen LogP contribution in [0.2, 0.25) is 0 Å². The molecule has 1 aliphatic heterocycles. The van der Waals surface area contributed by atoms with E-state index in [0.29, 0.717) is 6.04 Å². The van der Waals surface area contributed by atoms with Crippen molar-refractivity contribution in [2.24, 2.45) is 0 Å². The van der Waals surface area contributed by atoms with E-state index in [2.05, 4.69) is 66.0 Å². The summed E-state index contributed by atoms with van der Waals surface area (Å²) in [7, 11) is 0. The van der Waals surface area contributed by atoms with Gasteiger partial charge in [-0.15, -0.1) is 0 Å². The third-order valence-corrected chi connectivity index (χ3v) is 4.64. The van der Waals surface area contributed by atoms with Crippen LogP contribution in [0.25, 0.3) is 22.2 Å². The Morgan fingerprint density at radius 2 is 1.73 bits per heavy atom.